The van der Waals surface area contributed by atoms with Gasteiger partial charge in [-0.05, 0) is 42.5 Å². The van der Waals surface area contributed by atoms with Crippen molar-refractivity contribution in [1.82, 2.24) is 9.88 Å². The highest BCUT2D eigenvalue weighted by Gasteiger charge is 2.45. The molecule has 1 fully saturated rings. The van der Waals surface area contributed by atoms with Crippen molar-refractivity contribution in [2.75, 3.05) is 6.54 Å². The van der Waals surface area contributed by atoms with Crippen LogP contribution >= 0.6 is 23.4 Å². The molecule has 0 spiro atoms. The molecule has 3 atom stereocenters. The van der Waals surface area contributed by atoms with E-state index in [0.717, 1.165) is 23.2 Å². The molecule has 2 aliphatic heterocycles. The normalized spacial score (nSPS) is 22.8. The van der Waals surface area contributed by atoms with Crippen molar-refractivity contribution in [2.45, 2.75) is 24.3 Å². The Kier molecular flexibility index (Phi) is 4.79. The molecule has 6 nitrogen and oxygen atoms in total. The topological polar surface area (TPSA) is 78.9 Å². The fraction of sp³-hybridized carbons (Fsp3) is 0.227. The number of hydrogen-bond acceptors (Lipinski definition) is 6. The lowest BCUT2D eigenvalue weighted by Crippen LogP contribution is -2.28. The third-order valence-corrected chi connectivity index (χ3v) is 6.71. The minimum absolute atomic E-state index is 0.109. The number of carboxylic acids is 1. The van der Waals surface area contributed by atoms with E-state index in [9.17, 15) is 9.90 Å². The summed E-state index contributed by atoms with van der Waals surface area (Å²) in [5.74, 6) is 0.281. The van der Waals surface area contributed by atoms with Gasteiger partial charge in [-0.1, -0.05) is 36.4 Å². The van der Waals surface area contributed by atoms with Gasteiger partial charge in [0.2, 0.25) is 0 Å². The van der Waals surface area contributed by atoms with E-state index in [0.29, 0.717) is 21.6 Å². The smallest absolute Gasteiger partial charge is 0.335 e. The number of amidine groups is 1. The number of aromatic carboxylic acids is 1. The summed E-state index contributed by atoms with van der Waals surface area (Å²) in [7, 11) is 0. The summed E-state index contributed by atoms with van der Waals surface area (Å²) < 4.78 is 6.23. The Labute approximate surface area is 182 Å². The van der Waals surface area contributed by atoms with E-state index in [2.05, 4.69) is 16.8 Å². The van der Waals surface area contributed by atoms with Crippen LogP contribution in [0.4, 0.5) is 0 Å². The lowest BCUT2D eigenvalue weighted by atomic mass is 10.0. The van der Waals surface area contributed by atoms with Crippen LogP contribution in [0.5, 0.6) is 0 Å². The van der Waals surface area contributed by atoms with Crippen molar-refractivity contribution in [2.24, 2.45) is 4.99 Å². The van der Waals surface area contributed by atoms with Crippen LogP contribution in [0.25, 0.3) is 11.3 Å². The van der Waals surface area contributed by atoms with Gasteiger partial charge >= 0.3 is 5.97 Å². The van der Waals surface area contributed by atoms with Gasteiger partial charge in [0, 0.05) is 23.6 Å². The van der Waals surface area contributed by atoms with E-state index in [1.54, 1.807) is 24.0 Å². The highest BCUT2D eigenvalue weighted by molar-refractivity contribution is 8.14. The average molecular weight is 440 g/mol. The van der Waals surface area contributed by atoms with Gasteiger partial charge in [0.05, 0.1) is 16.3 Å². The molecule has 2 aromatic heterocycles. The lowest BCUT2D eigenvalue weighted by Gasteiger charge is -2.25. The van der Waals surface area contributed by atoms with E-state index >= 15 is 0 Å². The molecule has 0 aliphatic carbocycles. The zero-order chi connectivity index (χ0) is 20.8. The summed E-state index contributed by atoms with van der Waals surface area (Å²) in [6.45, 7) is 3.06. The van der Waals surface area contributed by atoms with Crippen LogP contribution in [-0.2, 0) is 0 Å². The summed E-state index contributed by atoms with van der Waals surface area (Å²) in [5, 5.41) is 11.2. The number of benzene rings is 1. The van der Waals surface area contributed by atoms with E-state index in [-0.39, 0.29) is 17.6 Å². The Morgan fingerprint density at radius 3 is 2.90 bits per heavy atom. The van der Waals surface area contributed by atoms with Gasteiger partial charge in [0.15, 0.2) is 5.17 Å². The first kappa shape index (κ1) is 19.2. The molecular formula is C22H18ClN3O3S. The molecule has 152 valence electrons. The van der Waals surface area contributed by atoms with Gasteiger partial charge in [-0.25, -0.2) is 9.79 Å². The van der Waals surface area contributed by atoms with Gasteiger partial charge in [0.25, 0.3) is 0 Å². The molecule has 0 saturated carbocycles. The second kappa shape index (κ2) is 7.49. The third kappa shape index (κ3) is 3.28. The maximum Gasteiger partial charge on any atom is 0.335 e. The van der Waals surface area contributed by atoms with Crippen molar-refractivity contribution in [3.8, 4) is 11.3 Å². The van der Waals surface area contributed by atoms with Crippen molar-refractivity contribution in [3.63, 3.8) is 0 Å². The first-order valence-corrected chi connectivity index (χ1v) is 10.8. The number of fused-ring (bicyclic) bond motifs is 1. The van der Waals surface area contributed by atoms with Crippen LogP contribution < -0.4 is 0 Å². The maximum atomic E-state index is 11.4. The van der Waals surface area contributed by atoms with Crippen LogP contribution in [0.1, 0.15) is 40.8 Å². The first-order chi connectivity index (χ1) is 14.5. The Morgan fingerprint density at radius 1 is 1.27 bits per heavy atom. The summed E-state index contributed by atoms with van der Waals surface area (Å²) >= 11 is 8.10. The molecule has 0 unspecified atom stereocenters. The zero-order valence-electron chi connectivity index (χ0n) is 16.0. The monoisotopic (exact) mass is 439 g/mol. The first-order valence-electron chi connectivity index (χ1n) is 9.56. The highest BCUT2D eigenvalue weighted by atomic mass is 35.5. The Morgan fingerprint density at radius 2 is 2.13 bits per heavy atom. The lowest BCUT2D eigenvalue weighted by molar-refractivity contribution is 0.0697. The van der Waals surface area contributed by atoms with Crippen molar-refractivity contribution < 1.29 is 14.3 Å². The number of furan rings is 1. The Bertz CT molecular complexity index is 1150. The molecule has 0 amide bonds. The molecule has 5 rings (SSSR count). The molecule has 1 saturated heterocycles. The fourth-order valence-corrected chi connectivity index (χ4v) is 5.23. The van der Waals surface area contributed by atoms with Crippen LogP contribution in [0.3, 0.4) is 0 Å². The second-order valence-electron chi connectivity index (χ2n) is 7.34. The van der Waals surface area contributed by atoms with Gasteiger partial charge in [-0.3, -0.25) is 4.98 Å². The predicted molar refractivity (Wildman–Crippen MR) is 117 cm³/mol. The molecule has 2 aliphatic rings. The van der Waals surface area contributed by atoms with Gasteiger partial charge in [-0.2, -0.15) is 0 Å². The molecule has 0 bridgehead atoms. The SMILES string of the molecule is C[C@@H]1CN2C(=N[C@@H](c3ccccn3)[C@H]2c2ccc(-c3cc(C(=O)O)ccc3Cl)o2)S1. The van der Waals surface area contributed by atoms with Gasteiger partial charge in [0.1, 0.15) is 23.6 Å². The van der Waals surface area contributed by atoms with E-state index in [1.165, 1.54) is 12.1 Å². The van der Waals surface area contributed by atoms with Gasteiger partial charge in [-0.15, -0.1) is 0 Å². The quantitative estimate of drug-likeness (QED) is 0.595. The Hall–Kier alpha value is -2.77. The van der Waals surface area contributed by atoms with Crippen LogP contribution in [0, 0.1) is 0 Å². The third-order valence-electron chi connectivity index (χ3n) is 5.28. The molecule has 0 radical (unpaired) electrons. The van der Waals surface area contributed by atoms with Crippen molar-refractivity contribution >= 4 is 34.5 Å². The molecule has 30 heavy (non-hydrogen) atoms. The number of pyridine rings is 1. The average Bonchev–Trinajstić information content (AvgIpc) is 3.43. The van der Waals surface area contributed by atoms with Crippen LogP contribution in [0.2, 0.25) is 5.02 Å². The zero-order valence-corrected chi connectivity index (χ0v) is 17.6. The largest absolute Gasteiger partial charge is 0.478 e. The molecule has 8 heteroatoms. The number of hydrogen-bond donors (Lipinski definition) is 1. The number of carboxylic acid groups (broad SMARTS) is 1. The highest BCUT2D eigenvalue weighted by Crippen LogP contribution is 2.48. The number of nitrogens with zero attached hydrogens (tertiary/aromatic N) is 3. The van der Waals surface area contributed by atoms with Crippen molar-refractivity contribution in [1.29, 1.82) is 0 Å². The second-order valence-corrected chi connectivity index (χ2v) is 9.15. The van der Waals surface area contributed by atoms with E-state index in [4.69, 9.17) is 21.0 Å². The van der Waals surface area contributed by atoms with Gasteiger partial charge < -0.3 is 14.4 Å². The fourth-order valence-electron chi connectivity index (χ4n) is 3.93. The van der Waals surface area contributed by atoms with Crippen LogP contribution in [-0.4, -0.2) is 37.9 Å². The van der Waals surface area contributed by atoms with E-state index < -0.39 is 5.97 Å². The standard InChI is InChI=1S/C22H18ClN3O3S/c1-12-11-26-20(19(25-22(26)30-12)16-4-2-3-9-24-16)18-8-7-17(29-18)14-10-13(21(27)28)5-6-15(14)23/h2-10,12,19-20H,11H2,1H3,(H,27,28)/t12-,19+,20-/m1/s1. The number of carbonyl (C=O) groups is 1. The molecule has 1 aromatic carbocycles. The summed E-state index contributed by atoms with van der Waals surface area (Å²) in [6.07, 6.45) is 1.77. The van der Waals surface area contributed by atoms with Crippen LogP contribution in [0.15, 0.2) is 64.1 Å². The molecular weight excluding hydrogens is 422 g/mol. The number of thioether (sulfide) groups is 1. The number of aliphatic imine (C=N–C) groups is 1. The molecule has 3 aromatic rings. The Balaban J connectivity index is 1.55. The molecule has 1 N–H and O–H groups in total. The maximum absolute atomic E-state index is 11.4. The summed E-state index contributed by atoms with van der Waals surface area (Å²) in [4.78, 5) is 23.1. The number of aromatic nitrogens is 1. The summed E-state index contributed by atoms with van der Waals surface area (Å²) in [6, 6.07) is 13.9. The van der Waals surface area contributed by atoms with Crippen molar-refractivity contribution in [3.05, 3.63) is 76.8 Å². The number of halogens is 1. The van der Waals surface area contributed by atoms with E-state index in [1.807, 2.05) is 30.3 Å². The number of rotatable bonds is 4. The predicted octanol–water partition coefficient (Wildman–Crippen LogP) is 5.28. The minimum atomic E-state index is -1.01. The molecule has 4 heterocycles. The summed E-state index contributed by atoms with van der Waals surface area (Å²) in [5.41, 5.74) is 1.61. The minimum Gasteiger partial charge on any atom is -0.478 e.